The van der Waals surface area contributed by atoms with Crippen LogP contribution in [-0.4, -0.2) is 6.29 Å². The number of unbranched alkanes of at least 4 members (excludes halogenated alkanes) is 1. The van der Waals surface area contributed by atoms with Crippen molar-refractivity contribution in [2.24, 2.45) is 0 Å². The summed E-state index contributed by atoms with van der Waals surface area (Å²) in [5, 5.41) is 0. The summed E-state index contributed by atoms with van der Waals surface area (Å²) in [5.74, 6) is 1.75. The van der Waals surface area contributed by atoms with E-state index in [2.05, 4.69) is 20.3 Å². The number of rotatable bonds is 1. The minimum absolute atomic E-state index is 0.403. The molecule has 0 aromatic rings. The summed E-state index contributed by atoms with van der Waals surface area (Å²) in [4.78, 5) is 8.94. The van der Waals surface area contributed by atoms with Crippen LogP contribution in [0.4, 0.5) is 0 Å². The molecule has 0 radical (unpaired) electrons. The van der Waals surface area contributed by atoms with Crippen LogP contribution < -0.4 is 0 Å². The highest BCUT2D eigenvalue weighted by atomic mass is 16.1. The van der Waals surface area contributed by atoms with Crippen LogP contribution in [0.2, 0.25) is 0 Å². The number of carbonyl (C=O) groups excluding carboxylic acids is 1. The summed E-state index contributed by atoms with van der Waals surface area (Å²) < 4.78 is 0. The Balaban J connectivity index is 0. The van der Waals surface area contributed by atoms with Crippen molar-refractivity contribution in [1.29, 1.82) is 0 Å². The Hall–Kier alpha value is -0.770. The van der Waals surface area contributed by atoms with Gasteiger partial charge in [-0.3, -0.25) is 4.79 Å². The van der Waals surface area contributed by atoms with E-state index in [4.69, 9.17) is 4.79 Å². The van der Waals surface area contributed by atoms with Gasteiger partial charge in [0.1, 0.15) is 0 Å². The molecule has 0 aliphatic rings. The second-order valence-corrected chi connectivity index (χ2v) is 1.28. The predicted molar refractivity (Wildman–Crippen MR) is 35.5 cm³/mol. The lowest BCUT2D eigenvalue weighted by Crippen LogP contribution is -1.47. The van der Waals surface area contributed by atoms with Gasteiger partial charge in [0.25, 0.3) is 0 Å². The maximum absolute atomic E-state index is 8.94. The number of aldehydes is 1. The zero-order valence-corrected chi connectivity index (χ0v) is 5.48. The molecule has 0 aromatic carbocycles. The SMILES string of the molecule is C#CC=O.CCCC. The molecule has 0 aromatic heterocycles. The summed E-state index contributed by atoms with van der Waals surface area (Å²) in [7, 11) is 0. The van der Waals surface area contributed by atoms with Crippen molar-refractivity contribution in [3.05, 3.63) is 0 Å². The Labute approximate surface area is 51.1 Å². The number of carbonyl (C=O) groups is 1. The van der Waals surface area contributed by atoms with Crippen LogP contribution in [0, 0.1) is 12.3 Å². The molecular weight excluding hydrogens is 100 g/mol. The normalized spacial score (nSPS) is 5.62. The third-order valence-electron chi connectivity index (χ3n) is 0.568. The van der Waals surface area contributed by atoms with Gasteiger partial charge in [0.05, 0.1) is 0 Å². The first-order valence-electron chi connectivity index (χ1n) is 2.73. The Bertz CT molecular complexity index is 66.9. The molecule has 0 spiro atoms. The van der Waals surface area contributed by atoms with E-state index in [-0.39, 0.29) is 0 Å². The van der Waals surface area contributed by atoms with Crippen LogP contribution in [0.1, 0.15) is 26.7 Å². The van der Waals surface area contributed by atoms with Crippen molar-refractivity contribution >= 4 is 6.29 Å². The van der Waals surface area contributed by atoms with Gasteiger partial charge in [0.2, 0.25) is 0 Å². The van der Waals surface area contributed by atoms with Crippen molar-refractivity contribution in [1.82, 2.24) is 0 Å². The molecule has 0 fully saturated rings. The van der Waals surface area contributed by atoms with Gasteiger partial charge in [0.15, 0.2) is 6.29 Å². The molecular formula is C7H12O. The van der Waals surface area contributed by atoms with Gasteiger partial charge >= 0.3 is 0 Å². The smallest absolute Gasteiger partial charge is 0.192 e. The van der Waals surface area contributed by atoms with Crippen molar-refractivity contribution in [2.45, 2.75) is 26.7 Å². The first-order chi connectivity index (χ1) is 3.83. The molecule has 0 heterocycles. The van der Waals surface area contributed by atoms with Gasteiger partial charge in [-0.25, -0.2) is 0 Å². The van der Waals surface area contributed by atoms with Crippen LogP contribution >= 0.6 is 0 Å². The van der Waals surface area contributed by atoms with Crippen molar-refractivity contribution in [2.75, 3.05) is 0 Å². The van der Waals surface area contributed by atoms with Crippen LogP contribution in [0.5, 0.6) is 0 Å². The molecule has 0 saturated carbocycles. The van der Waals surface area contributed by atoms with Gasteiger partial charge in [-0.15, -0.1) is 6.42 Å². The van der Waals surface area contributed by atoms with E-state index in [9.17, 15) is 0 Å². The Morgan fingerprint density at radius 1 is 1.50 bits per heavy atom. The van der Waals surface area contributed by atoms with E-state index in [1.54, 1.807) is 5.92 Å². The predicted octanol–water partition coefficient (Wildman–Crippen LogP) is 1.62. The van der Waals surface area contributed by atoms with E-state index >= 15 is 0 Å². The molecule has 0 saturated heterocycles. The van der Waals surface area contributed by atoms with Crippen LogP contribution in [0.25, 0.3) is 0 Å². The molecule has 0 amide bonds. The van der Waals surface area contributed by atoms with E-state index in [0.717, 1.165) is 0 Å². The molecule has 46 valence electrons. The van der Waals surface area contributed by atoms with Crippen LogP contribution in [0.15, 0.2) is 0 Å². The Morgan fingerprint density at radius 2 is 1.75 bits per heavy atom. The highest BCUT2D eigenvalue weighted by Crippen LogP contribution is 1.76. The second kappa shape index (κ2) is 16.3. The monoisotopic (exact) mass is 112 g/mol. The molecule has 0 rings (SSSR count). The molecule has 0 N–H and O–H groups in total. The minimum Gasteiger partial charge on any atom is -0.289 e. The minimum atomic E-state index is 0.403. The van der Waals surface area contributed by atoms with E-state index < -0.39 is 0 Å². The average Bonchev–Trinajstić information content (AvgIpc) is 1.88. The summed E-state index contributed by atoms with van der Waals surface area (Å²) in [6.07, 6.45) is 7.45. The van der Waals surface area contributed by atoms with Crippen LogP contribution in [-0.2, 0) is 4.79 Å². The van der Waals surface area contributed by atoms with Gasteiger partial charge in [-0.1, -0.05) is 26.7 Å². The highest BCUT2D eigenvalue weighted by molar-refractivity contribution is 5.71. The summed E-state index contributed by atoms with van der Waals surface area (Å²) >= 11 is 0. The molecule has 0 unspecified atom stereocenters. The van der Waals surface area contributed by atoms with Gasteiger partial charge in [-0.2, -0.15) is 0 Å². The van der Waals surface area contributed by atoms with E-state index in [1.807, 2.05) is 0 Å². The third-order valence-corrected chi connectivity index (χ3v) is 0.568. The molecule has 0 bridgehead atoms. The fraction of sp³-hybridized carbons (Fsp3) is 0.571. The standard InChI is InChI=1S/C4H10.C3H2O/c1-3-4-2;1-2-3-4/h3-4H2,1-2H3;1,3H. The maximum atomic E-state index is 8.94. The molecule has 0 aliphatic heterocycles. The molecule has 0 atom stereocenters. The van der Waals surface area contributed by atoms with E-state index in [0.29, 0.717) is 6.29 Å². The fourth-order valence-electron chi connectivity index (χ4n) is 0. The van der Waals surface area contributed by atoms with Crippen molar-refractivity contribution in [3.63, 3.8) is 0 Å². The molecule has 1 nitrogen and oxygen atoms in total. The van der Waals surface area contributed by atoms with Crippen LogP contribution in [0.3, 0.4) is 0 Å². The average molecular weight is 112 g/mol. The van der Waals surface area contributed by atoms with E-state index in [1.165, 1.54) is 12.8 Å². The zero-order valence-electron chi connectivity index (χ0n) is 5.48. The molecule has 8 heavy (non-hydrogen) atoms. The number of terminal acetylenes is 1. The summed E-state index contributed by atoms with van der Waals surface area (Å²) in [6, 6.07) is 0. The lowest BCUT2D eigenvalue weighted by molar-refractivity contribution is -0.103. The number of hydrogen-bond donors (Lipinski definition) is 0. The summed E-state index contributed by atoms with van der Waals surface area (Å²) in [6.45, 7) is 4.36. The lowest BCUT2D eigenvalue weighted by atomic mass is 10.4. The van der Waals surface area contributed by atoms with Gasteiger partial charge < -0.3 is 0 Å². The first kappa shape index (κ1) is 10.3. The maximum Gasteiger partial charge on any atom is 0.192 e. The Morgan fingerprint density at radius 3 is 1.75 bits per heavy atom. The number of hydrogen-bond acceptors (Lipinski definition) is 1. The molecule has 1 heteroatoms. The largest absolute Gasteiger partial charge is 0.289 e. The van der Waals surface area contributed by atoms with Crippen molar-refractivity contribution < 1.29 is 4.79 Å². The molecule has 0 aliphatic carbocycles. The summed E-state index contributed by atoms with van der Waals surface area (Å²) in [5.41, 5.74) is 0. The van der Waals surface area contributed by atoms with Crippen molar-refractivity contribution in [3.8, 4) is 12.3 Å². The first-order valence-corrected chi connectivity index (χ1v) is 2.73. The third kappa shape index (κ3) is 61.9. The van der Waals surface area contributed by atoms with Gasteiger partial charge in [0, 0.05) is 0 Å². The van der Waals surface area contributed by atoms with Gasteiger partial charge in [-0.05, 0) is 5.92 Å². The lowest BCUT2D eigenvalue weighted by Gasteiger charge is -1.68. The highest BCUT2D eigenvalue weighted by Gasteiger charge is 1.56. The fourth-order valence-corrected chi connectivity index (χ4v) is 0. The topological polar surface area (TPSA) is 17.1 Å². The zero-order chi connectivity index (χ0) is 6.83. The second-order valence-electron chi connectivity index (χ2n) is 1.28. The quantitative estimate of drug-likeness (QED) is 0.372. The Kier molecular flexibility index (Phi) is 20.9.